The van der Waals surface area contributed by atoms with Crippen LogP contribution in [0.5, 0.6) is 5.19 Å². The summed E-state index contributed by atoms with van der Waals surface area (Å²) in [5, 5.41) is 3.33. The fourth-order valence-electron chi connectivity index (χ4n) is 3.07. The topological polar surface area (TPSA) is 59.5 Å². The van der Waals surface area contributed by atoms with Gasteiger partial charge >= 0.3 is 0 Å². The monoisotopic (exact) mass is 454 g/mol. The number of aromatic nitrogens is 1. The molecule has 1 aromatic heterocycles. The van der Waals surface area contributed by atoms with E-state index in [1.54, 1.807) is 42.6 Å². The van der Waals surface area contributed by atoms with E-state index in [1.807, 2.05) is 11.4 Å². The predicted octanol–water partition coefficient (Wildman–Crippen LogP) is 4.96. The van der Waals surface area contributed by atoms with E-state index in [2.05, 4.69) is 4.98 Å². The van der Waals surface area contributed by atoms with Gasteiger partial charge in [-0.3, -0.25) is 0 Å². The number of nitrogens with zero attached hydrogens (tertiary/aromatic N) is 2. The van der Waals surface area contributed by atoms with E-state index in [-0.39, 0.29) is 11.0 Å². The maximum absolute atomic E-state index is 12.9. The zero-order valence-electron chi connectivity index (χ0n) is 14.6. The Kier molecular flexibility index (Phi) is 5.62. The number of ether oxygens (including phenoxy) is 1. The normalized spacial score (nSPS) is 17.7. The van der Waals surface area contributed by atoms with E-state index in [0.717, 1.165) is 11.1 Å². The van der Waals surface area contributed by atoms with Crippen LogP contribution >= 0.6 is 34.5 Å². The number of thiazole rings is 1. The molecule has 1 unspecified atom stereocenters. The van der Waals surface area contributed by atoms with Gasteiger partial charge < -0.3 is 4.74 Å². The van der Waals surface area contributed by atoms with Crippen molar-refractivity contribution in [2.24, 2.45) is 0 Å². The van der Waals surface area contributed by atoms with Crippen molar-refractivity contribution in [2.75, 3.05) is 13.1 Å². The summed E-state index contributed by atoms with van der Waals surface area (Å²) in [5.41, 5.74) is 1.74. The van der Waals surface area contributed by atoms with E-state index < -0.39 is 10.0 Å². The maximum Gasteiger partial charge on any atom is 0.273 e. The summed E-state index contributed by atoms with van der Waals surface area (Å²) in [6, 6.07) is 12.1. The molecule has 0 spiro atoms. The standard InChI is InChI=1S/C19H16Cl2N2O3S2/c20-17-6-3-14(11-18(17)21)13-1-4-16(5-2-13)28(24,25)23-9-7-15(12-23)26-19-22-8-10-27-19/h1-6,8,10-11,15H,7,9,12H2. The van der Waals surface area contributed by atoms with Crippen molar-refractivity contribution in [3.63, 3.8) is 0 Å². The van der Waals surface area contributed by atoms with Crippen LogP contribution in [0.2, 0.25) is 10.0 Å². The van der Waals surface area contributed by atoms with Crippen LogP contribution in [0.15, 0.2) is 58.9 Å². The molecule has 2 aromatic carbocycles. The first-order valence-corrected chi connectivity index (χ1v) is 11.6. The van der Waals surface area contributed by atoms with Crippen molar-refractivity contribution in [3.05, 3.63) is 64.1 Å². The molecular weight excluding hydrogens is 439 g/mol. The summed E-state index contributed by atoms with van der Waals surface area (Å²) in [4.78, 5) is 4.34. The van der Waals surface area contributed by atoms with Crippen molar-refractivity contribution in [3.8, 4) is 16.3 Å². The Hall–Kier alpha value is -1.64. The molecule has 0 amide bonds. The molecule has 1 aliphatic rings. The molecule has 5 nitrogen and oxygen atoms in total. The van der Waals surface area contributed by atoms with Crippen molar-refractivity contribution in [1.29, 1.82) is 0 Å². The SMILES string of the molecule is O=S(=O)(c1ccc(-c2ccc(Cl)c(Cl)c2)cc1)N1CCC(Oc2nccs2)C1. The minimum Gasteiger partial charge on any atom is -0.465 e. The number of sulfonamides is 1. The molecule has 9 heteroatoms. The molecule has 0 aliphatic carbocycles. The summed E-state index contributed by atoms with van der Waals surface area (Å²) < 4.78 is 33.1. The molecule has 146 valence electrons. The second-order valence-corrected chi connectivity index (χ2v) is 9.95. The van der Waals surface area contributed by atoms with Gasteiger partial charge in [-0.15, -0.1) is 0 Å². The molecule has 28 heavy (non-hydrogen) atoms. The fourth-order valence-corrected chi connectivity index (χ4v) is 5.40. The largest absolute Gasteiger partial charge is 0.465 e. The van der Waals surface area contributed by atoms with E-state index in [9.17, 15) is 8.42 Å². The van der Waals surface area contributed by atoms with Gasteiger partial charge in [-0.25, -0.2) is 13.4 Å². The van der Waals surface area contributed by atoms with Gasteiger partial charge in [0.15, 0.2) is 0 Å². The lowest BCUT2D eigenvalue weighted by molar-refractivity contribution is 0.214. The van der Waals surface area contributed by atoms with Crippen LogP contribution in [0.4, 0.5) is 0 Å². The molecule has 1 fully saturated rings. The molecule has 1 aliphatic heterocycles. The first-order valence-electron chi connectivity index (χ1n) is 8.55. The van der Waals surface area contributed by atoms with Crippen LogP contribution in [0.3, 0.4) is 0 Å². The van der Waals surface area contributed by atoms with Gasteiger partial charge in [-0.05, 0) is 41.8 Å². The predicted molar refractivity (Wildman–Crippen MR) is 112 cm³/mol. The number of hydrogen-bond donors (Lipinski definition) is 0. The van der Waals surface area contributed by atoms with Crippen LogP contribution in [0.25, 0.3) is 11.1 Å². The van der Waals surface area contributed by atoms with Crippen molar-refractivity contribution in [2.45, 2.75) is 17.4 Å². The van der Waals surface area contributed by atoms with Gasteiger partial charge in [-0.2, -0.15) is 4.31 Å². The second kappa shape index (κ2) is 8.00. The quantitative estimate of drug-likeness (QED) is 0.546. The van der Waals surface area contributed by atoms with Crippen molar-refractivity contribution < 1.29 is 13.2 Å². The van der Waals surface area contributed by atoms with Gasteiger partial charge in [0.1, 0.15) is 6.10 Å². The summed E-state index contributed by atoms with van der Waals surface area (Å²) in [6.07, 6.45) is 2.12. The maximum atomic E-state index is 12.9. The molecule has 3 aromatic rings. The fraction of sp³-hybridized carbons (Fsp3) is 0.211. The van der Waals surface area contributed by atoms with Crippen LogP contribution in [-0.2, 0) is 10.0 Å². The third-order valence-corrected chi connectivity index (χ3v) is 7.81. The molecule has 0 saturated carbocycles. The smallest absolute Gasteiger partial charge is 0.273 e. The highest BCUT2D eigenvalue weighted by Crippen LogP contribution is 2.30. The highest BCUT2D eigenvalue weighted by Gasteiger charge is 2.34. The highest BCUT2D eigenvalue weighted by molar-refractivity contribution is 7.89. The van der Waals surface area contributed by atoms with Crippen LogP contribution in [0.1, 0.15) is 6.42 Å². The van der Waals surface area contributed by atoms with E-state index in [4.69, 9.17) is 27.9 Å². The Balaban J connectivity index is 1.49. The van der Waals surface area contributed by atoms with Gasteiger partial charge in [-0.1, -0.05) is 52.7 Å². The van der Waals surface area contributed by atoms with E-state index in [0.29, 0.717) is 34.7 Å². The van der Waals surface area contributed by atoms with Gasteiger partial charge in [0.2, 0.25) is 10.0 Å². The van der Waals surface area contributed by atoms with Crippen molar-refractivity contribution >= 4 is 44.6 Å². The zero-order chi connectivity index (χ0) is 19.7. The van der Waals surface area contributed by atoms with Crippen LogP contribution in [0, 0.1) is 0 Å². The lowest BCUT2D eigenvalue weighted by atomic mass is 10.1. The summed E-state index contributed by atoms with van der Waals surface area (Å²) >= 11 is 13.4. The summed E-state index contributed by atoms with van der Waals surface area (Å²) in [5.74, 6) is 0. The lowest BCUT2D eigenvalue weighted by Gasteiger charge is -2.17. The minimum atomic E-state index is -3.58. The average Bonchev–Trinajstić information content (AvgIpc) is 3.37. The summed E-state index contributed by atoms with van der Waals surface area (Å²) in [7, 11) is -3.58. The Morgan fingerprint density at radius 2 is 1.82 bits per heavy atom. The van der Waals surface area contributed by atoms with Crippen molar-refractivity contribution in [1.82, 2.24) is 9.29 Å². The Morgan fingerprint density at radius 1 is 1.07 bits per heavy atom. The Morgan fingerprint density at radius 3 is 2.50 bits per heavy atom. The first-order chi connectivity index (χ1) is 13.4. The average molecular weight is 455 g/mol. The molecule has 1 atom stereocenters. The summed E-state index contributed by atoms with van der Waals surface area (Å²) in [6.45, 7) is 0.739. The third kappa shape index (κ3) is 4.04. The zero-order valence-corrected chi connectivity index (χ0v) is 17.7. The van der Waals surface area contributed by atoms with Gasteiger partial charge in [0.25, 0.3) is 5.19 Å². The highest BCUT2D eigenvalue weighted by atomic mass is 35.5. The number of hydrogen-bond acceptors (Lipinski definition) is 5. The molecule has 1 saturated heterocycles. The molecular formula is C19H16Cl2N2O3S2. The number of benzene rings is 2. The van der Waals surface area contributed by atoms with Crippen LogP contribution < -0.4 is 4.74 Å². The van der Waals surface area contributed by atoms with Gasteiger partial charge in [0.05, 0.1) is 21.5 Å². The minimum absolute atomic E-state index is 0.184. The molecule has 0 N–H and O–H groups in total. The Labute approximate surface area is 177 Å². The number of rotatable bonds is 5. The van der Waals surface area contributed by atoms with E-state index in [1.165, 1.54) is 15.6 Å². The van der Waals surface area contributed by atoms with Gasteiger partial charge in [0, 0.05) is 18.1 Å². The first kappa shape index (κ1) is 19.7. The molecule has 0 bridgehead atoms. The van der Waals surface area contributed by atoms with E-state index >= 15 is 0 Å². The second-order valence-electron chi connectivity index (χ2n) is 6.34. The van der Waals surface area contributed by atoms with Crippen LogP contribution in [-0.4, -0.2) is 36.9 Å². The Bertz CT molecular complexity index is 1070. The third-order valence-electron chi connectivity index (χ3n) is 4.53. The number of halogens is 2. The lowest BCUT2D eigenvalue weighted by Crippen LogP contribution is -2.31. The molecule has 0 radical (unpaired) electrons. The molecule has 2 heterocycles. The molecule has 4 rings (SSSR count).